The van der Waals surface area contributed by atoms with Crippen molar-refractivity contribution in [3.63, 3.8) is 0 Å². The largest absolute Gasteiger partial charge is 0.338 e. The van der Waals surface area contributed by atoms with E-state index in [-0.39, 0.29) is 18.4 Å². The quantitative estimate of drug-likeness (QED) is 0.735. The van der Waals surface area contributed by atoms with E-state index in [1.54, 1.807) is 34.7 Å². The van der Waals surface area contributed by atoms with Gasteiger partial charge in [-0.25, -0.2) is 14.8 Å². The molecular formula is C20H22N6O3S. The van der Waals surface area contributed by atoms with Gasteiger partial charge in [0, 0.05) is 49.0 Å². The molecule has 0 saturated carbocycles. The molecule has 2 aromatic heterocycles. The Morgan fingerprint density at radius 3 is 2.70 bits per heavy atom. The van der Waals surface area contributed by atoms with Gasteiger partial charge in [-0.1, -0.05) is 0 Å². The van der Waals surface area contributed by atoms with Crippen LogP contribution in [0.1, 0.15) is 23.3 Å². The van der Waals surface area contributed by atoms with E-state index in [2.05, 4.69) is 15.3 Å². The van der Waals surface area contributed by atoms with E-state index in [4.69, 9.17) is 0 Å². The molecular weight excluding hydrogens is 404 g/mol. The number of piperazine rings is 1. The monoisotopic (exact) mass is 426 g/mol. The Bertz CT molecular complexity index is 987. The van der Waals surface area contributed by atoms with Crippen LogP contribution in [0.2, 0.25) is 0 Å². The SMILES string of the molecule is O=C(CN1C(=O)NC2(CCCc3sccc32)C1=O)N1CCN(c2ncccn2)CC1. The third kappa shape index (κ3) is 3.02. The fourth-order valence-electron chi connectivity index (χ4n) is 4.53. The van der Waals surface area contributed by atoms with Crippen LogP contribution in [0.15, 0.2) is 29.9 Å². The number of hydrogen-bond donors (Lipinski definition) is 1. The molecule has 10 heteroatoms. The first-order valence-corrected chi connectivity index (χ1v) is 11.0. The molecule has 1 unspecified atom stereocenters. The zero-order chi connectivity index (χ0) is 20.7. The van der Waals surface area contributed by atoms with E-state index in [1.807, 2.05) is 16.3 Å². The van der Waals surface area contributed by atoms with Gasteiger partial charge >= 0.3 is 6.03 Å². The summed E-state index contributed by atoms with van der Waals surface area (Å²) in [7, 11) is 0. The summed E-state index contributed by atoms with van der Waals surface area (Å²) >= 11 is 1.61. The van der Waals surface area contributed by atoms with Gasteiger partial charge in [0.2, 0.25) is 11.9 Å². The summed E-state index contributed by atoms with van der Waals surface area (Å²) in [4.78, 5) is 53.2. The number of imide groups is 1. The Hall–Kier alpha value is -3.01. The molecule has 0 aromatic carbocycles. The lowest BCUT2D eigenvalue weighted by Crippen LogP contribution is -2.52. The number of fused-ring (bicyclic) bond motifs is 2. The molecule has 2 aliphatic heterocycles. The molecule has 9 nitrogen and oxygen atoms in total. The Labute approximate surface area is 177 Å². The Balaban J connectivity index is 1.25. The van der Waals surface area contributed by atoms with Crippen LogP contribution in [0.5, 0.6) is 0 Å². The minimum Gasteiger partial charge on any atom is -0.338 e. The molecule has 0 radical (unpaired) electrons. The maximum Gasteiger partial charge on any atom is 0.325 e. The number of nitrogens with zero attached hydrogens (tertiary/aromatic N) is 5. The molecule has 156 valence electrons. The molecule has 30 heavy (non-hydrogen) atoms. The minimum absolute atomic E-state index is 0.217. The molecule has 1 N–H and O–H groups in total. The van der Waals surface area contributed by atoms with Crippen molar-refractivity contribution < 1.29 is 14.4 Å². The van der Waals surface area contributed by atoms with Crippen molar-refractivity contribution >= 4 is 35.1 Å². The van der Waals surface area contributed by atoms with Crippen LogP contribution in [0, 0.1) is 0 Å². The Kier molecular flexibility index (Phi) is 4.65. The molecule has 2 fully saturated rings. The lowest BCUT2D eigenvalue weighted by Gasteiger charge is -2.35. The van der Waals surface area contributed by atoms with Crippen molar-refractivity contribution in [2.75, 3.05) is 37.6 Å². The summed E-state index contributed by atoms with van der Waals surface area (Å²) in [5.74, 6) is 0.117. The third-order valence-electron chi connectivity index (χ3n) is 6.10. The van der Waals surface area contributed by atoms with E-state index in [9.17, 15) is 14.4 Å². The zero-order valence-electron chi connectivity index (χ0n) is 16.4. The number of hydrogen-bond acceptors (Lipinski definition) is 7. The minimum atomic E-state index is -1.01. The van der Waals surface area contributed by atoms with Gasteiger partial charge in [0.1, 0.15) is 12.1 Å². The number of rotatable bonds is 3. The third-order valence-corrected chi connectivity index (χ3v) is 7.08. The van der Waals surface area contributed by atoms with E-state index in [0.717, 1.165) is 28.2 Å². The first kappa shape index (κ1) is 19.0. The highest BCUT2D eigenvalue weighted by atomic mass is 32.1. The van der Waals surface area contributed by atoms with E-state index >= 15 is 0 Å². The van der Waals surface area contributed by atoms with Crippen molar-refractivity contribution in [2.45, 2.75) is 24.8 Å². The van der Waals surface area contributed by atoms with Crippen LogP contribution in [-0.4, -0.2) is 70.3 Å². The summed E-state index contributed by atoms with van der Waals surface area (Å²) in [6, 6.07) is 3.20. The van der Waals surface area contributed by atoms with Gasteiger partial charge in [0.25, 0.3) is 5.91 Å². The molecule has 1 atom stereocenters. The topological polar surface area (TPSA) is 98.7 Å². The normalized spacial score (nSPS) is 23.7. The summed E-state index contributed by atoms with van der Waals surface area (Å²) in [6.07, 6.45) is 5.72. The fourth-order valence-corrected chi connectivity index (χ4v) is 5.53. The molecule has 4 amide bonds. The smallest absolute Gasteiger partial charge is 0.325 e. The molecule has 1 aliphatic carbocycles. The number of aryl methyl sites for hydroxylation is 1. The van der Waals surface area contributed by atoms with Gasteiger partial charge in [-0.05, 0) is 36.8 Å². The molecule has 1 spiro atoms. The molecule has 0 bridgehead atoms. The van der Waals surface area contributed by atoms with Crippen LogP contribution >= 0.6 is 11.3 Å². The maximum atomic E-state index is 13.3. The molecule has 2 saturated heterocycles. The van der Waals surface area contributed by atoms with Gasteiger partial charge in [0.15, 0.2) is 0 Å². The summed E-state index contributed by atoms with van der Waals surface area (Å²) in [5.41, 5.74) is -0.114. The molecule has 4 heterocycles. The number of anilines is 1. The van der Waals surface area contributed by atoms with Crippen LogP contribution in [0.3, 0.4) is 0 Å². The first-order chi connectivity index (χ1) is 14.6. The number of carbonyl (C=O) groups is 3. The van der Waals surface area contributed by atoms with Crippen LogP contribution in [0.25, 0.3) is 0 Å². The fraction of sp³-hybridized carbons (Fsp3) is 0.450. The second kappa shape index (κ2) is 7.35. The second-order valence-electron chi connectivity index (χ2n) is 7.75. The Morgan fingerprint density at radius 2 is 1.93 bits per heavy atom. The molecule has 5 rings (SSSR count). The van der Waals surface area contributed by atoms with Crippen LogP contribution < -0.4 is 10.2 Å². The maximum absolute atomic E-state index is 13.3. The Morgan fingerprint density at radius 1 is 1.17 bits per heavy atom. The average molecular weight is 427 g/mol. The second-order valence-corrected chi connectivity index (χ2v) is 8.76. The van der Waals surface area contributed by atoms with E-state index in [1.165, 1.54) is 0 Å². The highest BCUT2D eigenvalue weighted by molar-refractivity contribution is 7.10. The number of carbonyl (C=O) groups excluding carboxylic acids is 3. The summed E-state index contributed by atoms with van der Waals surface area (Å²) in [5, 5.41) is 4.86. The number of urea groups is 1. The predicted molar refractivity (Wildman–Crippen MR) is 110 cm³/mol. The lowest BCUT2D eigenvalue weighted by molar-refractivity contribution is -0.139. The van der Waals surface area contributed by atoms with Gasteiger partial charge in [-0.3, -0.25) is 14.5 Å². The van der Waals surface area contributed by atoms with Crippen molar-refractivity contribution in [1.29, 1.82) is 0 Å². The van der Waals surface area contributed by atoms with E-state index < -0.39 is 11.6 Å². The first-order valence-electron chi connectivity index (χ1n) is 10.1. The van der Waals surface area contributed by atoms with Gasteiger partial charge in [-0.2, -0.15) is 0 Å². The molecule has 3 aliphatic rings. The van der Waals surface area contributed by atoms with Gasteiger partial charge in [-0.15, -0.1) is 11.3 Å². The zero-order valence-corrected chi connectivity index (χ0v) is 17.2. The number of amides is 4. The van der Waals surface area contributed by atoms with Crippen LogP contribution in [-0.2, 0) is 21.5 Å². The number of aromatic nitrogens is 2. The predicted octanol–water partition coefficient (Wildman–Crippen LogP) is 0.970. The number of thiophene rings is 1. The van der Waals surface area contributed by atoms with Crippen LogP contribution in [0.4, 0.5) is 10.7 Å². The molecule has 2 aromatic rings. The lowest BCUT2D eigenvalue weighted by atomic mass is 9.80. The average Bonchev–Trinajstić information content (AvgIpc) is 3.35. The van der Waals surface area contributed by atoms with Crippen molar-refractivity contribution in [3.8, 4) is 0 Å². The number of nitrogens with one attached hydrogen (secondary N) is 1. The summed E-state index contributed by atoms with van der Waals surface area (Å²) in [6.45, 7) is 1.99. The van der Waals surface area contributed by atoms with Gasteiger partial charge < -0.3 is 15.1 Å². The van der Waals surface area contributed by atoms with Crippen molar-refractivity contribution in [1.82, 2.24) is 25.1 Å². The van der Waals surface area contributed by atoms with Crippen molar-refractivity contribution in [2.24, 2.45) is 0 Å². The highest BCUT2D eigenvalue weighted by Gasteiger charge is 2.54. The highest BCUT2D eigenvalue weighted by Crippen LogP contribution is 2.42. The summed E-state index contributed by atoms with van der Waals surface area (Å²) < 4.78 is 0. The standard InChI is InChI=1S/C20H22N6O3S/c27-16(24-8-10-25(11-9-24)18-21-6-2-7-22-18)13-26-17(28)20(23-19(26)29)5-1-3-15-14(20)4-12-30-15/h2,4,6-7,12H,1,3,5,8-11,13H2,(H,23,29). The van der Waals surface area contributed by atoms with E-state index in [0.29, 0.717) is 38.5 Å². The van der Waals surface area contributed by atoms with Gasteiger partial charge in [0.05, 0.1) is 0 Å². The van der Waals surface area contributed by atoms with Crippen molar-refractivity contribution in [3.05, 3.63) is 40.3 Å².